The van der Waals surface area contributed by atoms with Crippen molar-refractivity contribution in [1.82, 2.24) is 0 Å². The van der Waals surface area contributed by atoms with E-state index in [0.717, 1.165) is 51.6 Å². The molecule has 0 amide bonds. The number of unbranched alkanes of at least 4 members (excludes halogenated alkanes) is 10. The van der Waals surface area contributed by atoms with E-state index < -0.39 is 0 Å². The predicted molar refractivity (Wildman–Crippen MR) is 158 cm³/mol. The molecule has 0 heterocycles. The second-order valence-corrected chi connectivity index (χ2v) is 11.8. The molecule has 2 heteroatoms. The molecule has 1 aromatic rings. The number of benzene rings is 1. The molecule has 0 bridgehead atoms. The fraction of sp³-hybridized carbons (Fsp3) is 0.686. The maximum Gasteiger partial charge on any atom is 0.0928 e. The van der Waals surface area contributed by atoms with Crippen molar-refractivity contribution in [3.63, 3.8) is 0 Å². The molecule has 0 saturated heterocycles. The SMILES string of the molecule is CCCCCCCCCOC1(C2CCC(C#N)(CCCCCCC)CC2)C=CC(c2ccccc2)=CC1. The number of allylic oxidation sites excluding steroid dienone is 2. The first-order valence-electron chi connectivity index (χ1n) is 15.7. The van der Waals surface area contributed by atoms with E-state index in [9.17, 15) is 5.26 Å². The van der Waals surface area contributed by atoms with Gasteiger partial charge in [-0.15, -0.1) is 0 Å². The van der Waals surface area contributed by atoms with Gasteiger partial charge in [0.1, 0.15) is 0 Å². The number of nitriles is 1. The Balaban J connectivity index is 1.58. The molecule has 1 unspecified atom stereocenters. The zero-order valence-electron chi connectivity index (χ0n) is 24.0. The highest BCUT2D eigenvalue weighted by Crippen LogP contribution is 2.49. The van der Waals surface area contributed by atoms with Crippen molar-refractivity contribution in [2.45, 2.75) is 135 Å². The molecule has 3 rings (SSSR count). The molecular formula is C35H53NO. The average Bonchev–Trinajstić information content (AvgIpc) is 2.95. The molecular weight excluding hydrogens is 450 g/mol. The second kappa shape index (κ2) is 16.2. The third-order valence-electron chi connectivity index (χ3n) is 9.04. The normalized spacial score (nSPS) is 25.5. The van der Waals surface area contributed by atoms with Crippen molar-refractivity contribution in [2.75, 3.05) is 6.61 Å². The maximum atomic E-state index is 10.1. The molecule has 0 aliphatic heterocycles. The molecule has 1 fully saturated rings. The summed E-state index contributed by atoms with van der Waals surface area (Å²) in [5.74, 6) is 0.503. The Kier molecular flexibility index (Phi) is 13.0. The molecule has 2 aliphatic carbocycles. The standard InChI is InChI=1S/C35H53NO/c1-3-5-7-9-10-12-17-29-37-35(27-20-32(21-28-35)31-18-14-13-15-19-31)33-22-25-34(30-36,26-23-33)24-16-11-8-6-4-2/h13-15,18-21,27,33H,3-12,16-17,22-26,28-29H2,1-2H3. The van der Waals surface area contributed by atoms with E-state index in [-0.39, 0.29) is 11.0 Å². The number of rotatable bonds is 17. The lowest BCUT2D eigenvalue weighted by Gasteiger charge is -2.45. The summed E-state index contributed by atoms with van der Waals surface area (Å²) in [6.45, 7) is 5.40. The van der Waals surface area contributed by atoms with Crippen molar-refractivity contribution in [1.29, 1.82) is 5.26 Å². The summed E-state index contributed by atoms with van der Waals surface area (Å²) in [5, 5.41) is 10.1. The summed E-state index contributed by atoms with van der Waals surface area (Å²) in [4.78, 5) is 0. The summed E-state index contributed by atoms with van der Waals surface area (Å²) in [7, 11) is 0. The van der Waals surface area contributed by atoms with Gasteiger partial charge in [-0.2, -0.15) is 5.26 Å². The van der Waals surface area contributed by atoms with Crippen molar-refractivity contribution < 1.29 is 4.74 Å². The molecule has 204 valence electrons. The maximum absolute atomic E-state index is 10.1. The van der Waals surface area contributed by atoms with Crippen LogP contribution in [0, 0.1) is 22.7 Å². The minimum Gasteiger partial charge on any atom is -0.370 e. The lowest BCUT2D eigenvalue weighted by atomic mass is 9.63. The Hall–Kier alpha value is -1.85. The van der Waals surface area contributed by atoms with Gasteiger partial charge in [-0.1, -0.05) is 133 Å². The zero-order chi connectivity index (χ0) is 26.2. The summed E-state index contributed by atoms with van der Waals surface area (Å²) >= 11 is 0. The number of nitrogens with zero attached hydrogens (tertiary/aromatic N) is 1. The Morgan fingerprint density at radius 1 is 0.838 bits per heavy atom. The monoisotopic (exact) mass is 503 g/mol. The Labute approximate surface area is 228 Å². The Bertz CT molecular complexity index is 855. The van der Waals surface area contributed by atoms with Crippen molar-refractivity contribution >= 4 is 5.57 Å². The fourth-order valence-electron chi connectivity index (χ4n) is 6.47. The van der Waals surface area contributed by atoms with Crippen LogP contribution < -0.4 is 0 Å². The smallest absolute Gasteiger partial charge is 0.0928 e. The summed E-state index contributed by atoms with van der Waals surface area (Å²) in [6, 6.07) is 13.5. The third kappa shape index (κ3) is 9.14. The van der Waals surface area contributed by atoms with Crippen LogP contribution in [-0.2, 0) is 4.74 Å². The highest BCUT2D eigenvalue weighted by molar-refractivity contribution is 5.75. The topological polar surface area (TPSA) is 33.0 Å². The number of hydrogen-bond acceptors (Lipinski definition) is 2. The van der Waals surface area contributed by atoms with Crippen LogP contribution in [0.4, 0.5) is 0 Å². The highest BCUT2D eigenvalue weighted by Gasteiger charge is 2.44. The van der Waals surface area contributed by atoms with Gasteiger partial charge in [-0.3, -0.25) is 0 Å². The first kappa shape index (κ1) is 29.7. The third-order valence-corrected chi connectivity index (χ3v) is 9.04. The Morgan fingerprint density at radius 3 is 2.05 bits per heavy atom. The molecule has 0 spiro atoms. The van der Waals surface area contributed by atoms with E-state index in [1.165, 1.54) is 81.8 Å². The summed E-state index contributed by atoms with van der Waals surface area (Å²) in [5.41, 5.74) is 2.29. The van der Waals surface area contributed by atoms with E-state index in [1.807, 2.05) is 0 Å². The minimum absolute atomic E-state index is 0.105. The van der Waals surface area contributed by atoms with Gasteiger partial charge in [0.15, 0.2) is 0 Å². The highest BCUT2D eigenvalue weighted by atomic mass is 16.5. The van der Waals surface area contributed by atoms with E-state index in [4.69, 9.17) is 4.74 Å². The van der Waals surface area contributed by atoms with Crippen LogP contribution in [0.15, 0.2) is 48.6 Å². The fourth-order valence-corrected chi connectivity index (χ4v) is 6.47. The van der Waals surface area contributed by atoms with E-state index in [1.54, 1.807) is 0 Å². The summed E-state index contributed by atoms with van der Waals surface area (Å²) in [6.07, 6.45) is 29.0. The van der Waals surface area contributed by atoms with E-state index >= 15 is 0 Å². The van der Waals surface area contributed by atoms with Crippen molar-refractivity contribution in [3.8, 4) is 6.07 Å². The number of ether oxygens (including phenoxy) is 1. The van der Waals surface area contributed by atoms with Crippen LogP contribution in [0.1, 0.15) is 135 Å². The minimum atomic E-state index is -0.205. The van der Waals surface area contributed by atoms with Gasteiger partial charge in [0, 0.05) is 6.61 Å². The molecule has 1 saturated carbocycles. The first-order valence-corrected chi connectivity index (χ1v) is 15.7. The largest absolute Gasteiger partial charge is 0.370 e. The van der Waals surface area contributed by atoms with Gasteiger partial charge in [-0.05, 0) is 62.0 Å². The van der Waals surface area contributed by atoms with E-state index in [2.05, 4.69) is 68.5 Å². The molecule has 0 aromatic heterocycles. The van der Waals surface area contributed by atoms with Crippen LogP contribution in [0.2, 0.25) is 0 Å². The molecule has 2 aliphatic rings. The average molecular weight is 504 g/mol. The number of hydrogen-bond donors (Lipinski definition) is 0. The van der Waals surface area contributed by atoms with Gasteiger partial charge in [-0.25, -0.2) is 0 Å². The second-order valence-electron chi connectivity index (χ2n) is 11.8. The molecule has 0 N–H and O–H groups in total. The van der Waals surface area contributed by atoms with Crippen molar-refractivity contribution in [2.24, 2.45) is 11.3 Å². The van der Waals surface area contributed by atoms with Crippen LogP contribution in [0.25, 0.3) is 5.57 Å². The van der Waals surface area contributed by atoms with Gasteiger partial charge < -0.3 is 4.74 Å². The molecule has 0 radical (unpaired) electrons. The van der Waals surface area contributed by atoms with Crippen LogP contribution >= 0.6 is 0 Å². The molecule has 2 nitrogen and oxygen atoms in total. The van der Waals surface area contributed by atoms with Crippen LogP contribution in [-0.4, -0.2) is 12.2 Å². The van der Waals surface area contributed by atoms with Gasteiger partial charge in [0.05, 0.1) is 17.1 Å². The lowest BCUT2D eigenvalue weighted by Crippen LogP contribution is -2.43. The quantitative estimate of drug-likeness (QED) is 0.198. The Morgan fingerprint density at radius 2 is 1.46 bits per heavy atom. The molecule has 1 atom stereocenters. The first-order chi connectivity index (χ1) is 18.2. The zero-order valence-corrected chi connectivity index (χ0v) is 24.0. The van der Waals surface area contributed by atoms with Crippen LogP contribution in [0.3, 0.4) is 0 Å². The summed E-state index contributed by atoms with van der Waals surface area (Å²) < 4.78 is 6.83. The predicted octanol–water partition coefficient (Wildman–Crippen LogP) is 10.6. The molecule has 1 aromatic carbocycles. The van der Waals surface area contributed by atoms with E-state index in [0.29, 0.717) is 5.92 Å². The van der Waals surface area contributed by atoms with Crippen LogP contribution in [0.5, 0.6) is 0 Å². The van der Waals surface area contributed by atoms with Crippen molar-refractivity contribution in [3.05, 3.63) is 54.1 Å². The lowest BCUT2D eigenvalue weighted by molar-refractivity contribution is -0.0685. The van der Waals surface area contributed by atoms with Gasteiger partial charge in [0.2, 0.25) is 0 Å². The van der Waals surface area contributed by atoms with Gasteiger partial charge >= 0.3 is 0 Å². The molecule has 37 heavy (non-hydrogen) atoms. The van der Waals surface area contributed by atoms with Gasteiger partial charge in [0.25, 0.3) is 0 Å².